The second-order valence-electron chi connectivity index (χ2n) is 8.15. The highest BCUT2D eigenvalue weighted by molar-refractivity contribution is 7.91. The first-order valence-corrected chi connectivity index (χ1v) is 11.4. The van der Waals surface area contributed by atoms with E-state index in [0.717, 1.165) is 6.42 Å². The molecular weight excluding hydrogens is 372 g/mol. The molecule has 1 saturated carbocycles. The van der Waals surface area contributed by atoms with Crippen LogP contribution >= 0.6 is 0 Å². The number of amides is 2. The van der Waals surface area contributed by atoms with Crippen molar-refractivity contribution in [3.05, 3.63) is 0 Å². The van der Waals surface area contributed by atoms with E-state index in [2.05, 4.69) is 5.32 Å². The number of rotatable bonds is 7. The third kappa shape index (κ3) is 5.57. The predicted octanol–water partition coefficient (Wildman–Crippen LogP) is 1.64. The molecule has 0 unspecified atom stereocenters. The van der Waals surface area contributed by atoms with Crippen molar-refractivity contribution in [2.45, 2.75) is 82.9 Å². The summed E-state index contributed by atoms with van der Waals surface area (Å²) in [6, 6.07) is -0.937. The van der Waals surface area contributed by atoms with Crippen LogP contribution in [0.2, 0.25) is 0 Å². The Kier molecular flexibility index (Phi) is 7.13. The second kappa shape index (κ2) is 8.77. The molecule has 0 spiro atoms. The fourth-order valence-electron chi connectivity index (χ4n) is 4.11. The van der Waals surface area contributed by atoms with Crippen LogP contribution in [-0.4, -0.2) is 72.3 Å². The van der Waals surface area contributed by atoms with Gasteiger partial charge in [-0.15, -0.1) is 0 Å². The highest BCUT2D eigenvalue weighted by atomic mass is 32.2. The lowest BCUT2D eigenvalue weighted by Crippen LogP contribution is -2.51. The van der Waals surface area contributed by atoms with Crippen molar-refractivity contribution >= 4 is 21.8 Å². The number of sulfone groups is 1. The number of carbonyl (C=O) groups is 2. The zero-order valence-electron chi connectivity index (χ0n) is 16.6. The Labute approximate surface area is 161 Å². The molecule has 156 valence electrons. The Bertz CT molecular complexity index is 648. The summed E-state index contributed by atoms with van der Waals surface area (Å²) in [4.78, 5) is 25.2. The minimum atomic E-state index is -3.27. The molecule has 27 heavy (non-hydrogen) atoms. The first-order valence-electron chi connectivity index (χ1n) is 9.68. The Morgan fingerprint density at radius 2 is 1.93 bits per heavy atom. The maximum absolute atomic E-state index is 12.7. The van der Waals surface area contributed by atoms with E-state index in [1.165, 1.54) is 0 Å². The monoisotopic (exact) mass is 404 g/mol. The molecule has 0 radical (unpaired) electrons. The summed E-state index contributed by atoms with van der Waals surface area (Å²) < 4.78 is 31.0. The number of hydrogen-bond donors (Lipinski definition) is 2. The fraction of sp³-hybridized carbons (Fsp3) is 0.889. The average Bonchev–Trinajstić information content (AvgIpc) is 2.87. The summed E-state index contributed by atoms with van der Waals surface area (Å²) in [6.07, 6.45) is 1.27. The van der Waals surface area contributed by atoms with E-state index >= 15 is 0 Å². The van der Waals surface area contributed by atoms with E-state index in [1.54, 1.807) is 18.7 Å². The maximum atomic E-state index is 12.7. The van der Waals surface area contributed by atoms with Crippen LogP contribution < -0.4 is 5.32 Å². The second-order valence-corrected chi connectivity index (χ2v) is 10.7. The van der Waals surface area contributed by atoms with E-state index < -0.39 is 27.2 Å². The molecule has 0 aromatic rings. The maximum Gasteiger partial charge on any atom is 0.405 e. The molecule has 2 rings (SSSR count). The highest BCUT2D eigenvalue weighted by Crippen LogP contribution is 2.34. The number of ether oxygens (including phenoxy) is 1. The zero-order valence-corrected chi connectivity index (χ0v) is 17.4. The molecule has 0 aromatic carbocycles. The SMILES string of the molecule is CC(C)O[C@H]1CC[C@H](N2CC[C@H](NC(=O)O)C2=O)[C@H](CS(=O)(=O)C(C)C)C1. The normalized spacial score (nSPS) is 29.6. The molecule has 8 nitrogen and oxygen atoms in total. The van der Waals surface area contributed by atoms with Gasteiger partial charge in [-0.2, -0.15) is 0 Å². The van der Waals surface area contributed by atoms with Crippen molar-refractivity contribution in [1.29, 1.82) is 0 Å². The first-order chi connectivity index (χ1) is 12.5. The van der Waals surface area contributed by atoms with Gasteiger partial charge in [0.15, 0.2) is 9.84 Å². The summed E-state index contributed by atoms with van der Waals surface area (Å²) >= 11 is 0. The standard InChI is InChI=1S/C18H32N2O6S/c1-11(2)26-14-5-6-16(13(9-14)10-27(24,25)12(3)4)20-8-7-15(17(20)21)19-18(22)23/h11-16,19H,5-10H2,1-4H3,(H,22,23)/t13-,14-,15-,16-/m0/s1. The molecule has 9 heteroatoms. The minimum Gasteiger partial charge on any atom is -0.465 e. The largest absolute Gasteiger partial charge is 0.465 e. The molecule has 4 atom stereocenters. The van der Waals surface area contributed by atoms with Gasteiger partial charge < -0.3 is 20.1 Å². The molecule has 2 amide bonds. The molecule has 0 bridgehead atoms. The van der Waals surface area contributed by atoms with Crippen LogP contribution in [-0.2, 0) is 19.4 Å². The number of nitrogens with one attached hydrogen (secondary N) is 1. The van der Waals surface area contributed by atoms with Crippen molar-refractivity contribution in [3.8, 4) is 0 Å². The molecule has 2 fully saturated rings. The van der Waals surface area contributed by atoms with Gasteiger partial charge in [-0.25, -0.2) is 13.2 Å². The molecule has 1 heterocycles. The van der Waals surface area contributed by atoms with Crippen molar-refractivity contribution in [2.24, 2.45) is 5.92 Å². The van der Waals surface area contributed by atoms with Crippen molar-refractivity contribution < 1.29 is 27.9 Å². The molecule has 0 aromatic heterocycles. The van der Waals surface area contributed by atoms with Gasteiger partial charge in [0.1, 0.15) is 6.04 Å². The number of carboxylic acid groups (broad SMARTS) is 1. The summed E-state index contributed by atoms with van der Waals surface area (Å²) in [5.41, 5.74) is 0. The zero-order chi connectivity index (χ0) is 20.4. The number of carbonyl (C=O) groups excluding carboxylic acids is 1. The fourth-order valence-corrected chi connectivity index (χ4v) is 5.45. The van der Waals surface area contributed by atoms with E-state index in [1.807, 2.05) is 13.8 Å². The summed E-state index contributed by atoms with van der Waals surface area (Å²) in [6.45, 7) is 7.70. The van der Waals surface area contributed by atoms with Gasteiger partial charge in [-0.3, -0.25) is 4.79 Å². The van der Waals surface area contributed by atoms with E-state index in [0.29, 0.717) is 25.8 Å². The quantitative estimate of drug-likeness (QED) is 0.667. The van der Waals surface area contributed by atoms with Gasteiger partial charge in [0.25, 0.3) is 0 Å². The third-order valence-corrected chi connectivity index (χ3v) is 7.79. The van der Waals surface area contributed by atoms with Crippen molar-refractivity contribution in [3.63, 3.8) is 0 Å². The molecular formula is C18H32N2O6S. The lowest BCUT2D eigenvalue weighted by atomic mass is 9.83. The van der Waals surface area contributed by atoms with E-state index in [9.17, 15) is 18.0 Å². The van der Waals surface area contributed by atoms with Crippen LogP contribution in [0.25, 0.3) is 0 Å². The first kappa shape index (κ1) is 21.9. The van der Waals surface area contributed by atoms with Crippen molar-refractivity contribution in [2.75, 3.05) is 12.3 Å². The molecule has 2 aliphatic rings. The smallest absolute Gasteiger partial charge is 0.405 e. The molecule has 1 saturated heterocycles. The van der Waals surface area contributed by atoms with Gasteiger partial charge in [0.2, 0.25) is 5.91 Å². The van der Waals surface area contributed by atoms with Gasteiger partial charge >= 0.3 is 6.09 Å². The van der Waals surface area contributed by atoms with E-state index in [-0.39, 0.29) is 35.8 Å². The van der Waals surface area contributed by atoms with Crippen LogP contribution in [0, 0.1) is 5.92 Å². The Morgan fingerprint density at radius 1 is 1.26 bits per heavy atom. The molecule has 2 N–H and O–H groups in total. The average molecular weight is 405 g/mol. The van der Waals surface area contributed by atoms with Crippen LogP contribution in [0.15, 0.2) is 0 Å². The molecule has 1 aliphatic carbocycles. The van der Waals surface area contributed by atoms with Gasteiger partial charge in [0.05, 0.1) is 23.2 Å². The number of likely N-dealkylation sites (tertiary alicyclic amines) is 1. The molecule has 1 aliphatic heterocycles. The minimum absolute atomic E-state index is 0.0146. The Morgan fingerprint density at radius 3 is 2.48 bits per heavy atom. The van der Waals surface area contributed by atoms with Crippen LogP contribution in [0.4, 0.5) is 4.79 Å². The van der Waals surface area contributed by atoms with Gasteiger partial charge in [-0.1, -0.05) is 0 Å². The summed E-state index contributed by atoms with van der Waals surface area (Å²) in [5.74, 6) is -0.436. The topological polar surface area (TPSA) is 113 Å². The lowest BCUT2D eigenvalue weighted by Gasteiger charge is -2.41. The third-order valence-electron chi connectivity index (χ3n) is 5.46. The number of nitrogens with zero attached hydrogens (tertiary/aromatic N) is 1. The van der Waals surface area contributed by atoms with E-state index in [4.69, 9.17) is 9.84 Å². The van der Waals surface area contributed by atoms with Crippen LogP contribution in [0.1, 0.15) is 53.4 Å². The lowest BCUT2D eigenvalue weighted by molar-refractivity contribution is -0.134. The summed E-state index contributed by atoms with van der Waals surface area (Å²) in [7, 11) is -3.27. The summed E-state index contributed by atoms with van der Waals surface area (Å²) in [5, 5.41) is 10.7. The van der Waals surface area contributed by atoms with Gasteiger partial charge in [0, 0.05) is 12.6 Å². The Balaban J connectivity index is 2.17. The number of hydrogen-bond acceptors (Lipinski definition) is 5. The van der Waals surface area contributed by atoms with Crippen LogP contribution in [0.5, 0.6) is 0 Å². The highest BCUT2D eigenvalue weighted by Gasteiger charge is 2.43. The Hall–Kier alpha value is -1.35. The van der Waals surface area contributed by atoms with Gasteiger partial charge in [-0.05, 0) is 59.3 Å². The van der Waals surface area contributed by atoms with Crippen molar-refractivity contribution in [1.82, 2.24) is 10.2 Å². The predicted molar refractivity (Wildman–Crippen MR) is 101 cm³/mol. The van der Waals surface area contributed by atoms with Crippen LogP contribution in [0.3, 0.4) is 0 Å².